The normalized spacial score (nSPS) is 18.4. The van der Waals surface area contributed by atoms with E-state index in [1.165, 1.54) is 3.97 Å². The van der Waals surface area contributed by atoms with Gasteiger partial charge in [0.2, 0.25) is 0 Å². The average molecular weight is 472 g/mol. The highest BCUT2D eigenvalue weighted by atomic mass is 35.5. The Morgan fingerprint density at radius 2 is 1.74 bits per heavy atom. The van der Waals surface area contributed by atoms with Gasteiger partial charge in [-0.1, -0.05) is 65.2 Å². The predicted molar refractivity (Wildman–Crippen MR) is 123 cm³/mol. The summed E-state index contributed by atoms with van der Waals surface area (Å²) in [5, 5.41) is 1.98. The quantitative estimate of drug-likeness (QED) is 0.337. The Morgan fingerprint density at radius 3 is 2.42 bits per heavy atom. The van der Waals surface area contributed by atoms with Crippen LogP contribution in [0, 0.1) is 6.92 Å². The third-order valence-corrected chi connectivity index (χ3v) is 7.96. The third kappa shape index (κ3) is 3.56. The highest BCUT2D eigenvalue weighted by Crippen LogP contribution is 2.46. The monoisotopic (exact) mass is 471 g/mol. The van der Waals surface area contributed by atoms with Crippen molar-refractivity contribution in [1.82, 2.24) is 3.97 Å². The van der Waals surface area contributed by atoms with Crippen molar-refractivity contribution in [3.63, 3.8) is 0 Å². The fourth-order valence-electron chi connectivity index (χ4n) is 3.99. The second-order valence-corrected chi connectivity index (χ2v) is 10.5. The van der Waals surface area contributed by atoms with Crippen LogP contribution in [0.25, 0.3) is 10.9 Å². The van der Waals surface area contributed by atoms with Crippen LogP contribution in [0.1, 0.15) is 16.7 Å². The molecule has 3 aromatic carbocycles. The summed E-state index contributed by atoms with van der Waals surface area (Å²) in [6, 6.07) is 19.7. The van der Waals surface area contributed by atoms with E-state index in [-0.39, 0.29) is 4.90 Å². The van der Waals surface area contributed by atoms with Gasteiger partial charge in [0.15, 0.2) is 0 Å². The van der Waals surface area contributed by atoms with Crippen molar-refractivity contribution in [2.24, 2.45) is 0 Å². The summed E-state index contributed by atoms with van der Waals surface area (Å²) >= 11 is 12.5. The van der Waals surface area contributed by atoms with Crippen molar-refractivity contribution >= 4 is 44.1 Å². The molecule has 2 heterocycles. The Labute approximate surface area is 191 Å². The van der Waals surface area contributed by atoms with Crippen LogP contribution in [0.15, 0.2) is 77.8 Å². The zero-order valence-electron chi connectivity index (χ0n) is 16.7. The van der Waals surface area contributed by atoms with E-state index in [2.05, 4.69) is 0 Å². The second-order valence-electron chi connectivity index (χ2n) is 7.87. The minimum Gasteiger partial charge on any atom is -0.364 e. The van der Waals surface area contributed by atoms with Gasteiger partial charge < -0.3 is 4.74 Å². The van der Waals surface area contributed by atoms with Gasteiger partial charge in [-0.2, -0.15) is 0 Å². The molecule has 0 saturated carbocycles. The second kappa shape index (κ2) is 7.38. The summed E-state index contributed by atoms with van der Waals surface area (Å²) in [4.78, 5) is 0.253. The van der Waals surface area contributed by atoms with Crippen molar-refractivity contribution in [2.45, 2.75) is 23.8 Å². The topological polar surface area (TPSA) is 51.6 Å². The number of rotatable bonds is 5. The van der Waals surface area contributed by atoms with E-state index < -0.39 is 15.6 Å². The molecule has 7 heteroatoms. The van der Waals surface area contributed by atoms with Crippen LogP contribution in [-0.4, -0.2) is 19.0 Å². The summed E-state index contributed by atoms with van der Waals surface area (Å²) in [7, 11) is -3.74. The minimum atomic E-state index is -3.74. The highest BCUT2D eigenvalue weighted by Gasteiger charge is 2.48. The van der Waals surface area contributed by atoms with Gasteiger partial charge in [-0.25, -0.2) is 12.4 Å². The fraction of sp³-hybridized carbons (Fsp3) is 0.167. The number of aromatic nitrogens is 1. The molecule has 0 N–H and O–H groups in total. The van der Waals surface area contributed by atoms with Gasteiger partial charge in [0.05, 0.1) is 17.0 Å². The first-order valence-corrected chi connectivity index (χ1v) is 12.0. The van der Waals surface area contributed by atoms with Crippen molar-refractivity contribution in [3.05, 3.63) is 99.7 Å². The van der Waals surface area contributed by atoms with Crippen LogP contribution in [0.2, 0.25) is 10.0 Å². The van der Waals surface area contributed by atoms with Crippen LogP contribution >= 0.6 is 23.2 Å². The van der Waals surface area contributed by atoms with Crippen molar-refractivity contribution in [1.29, 1.82) is 0 Å². The lowest BCUT2D eigenvalue weighted by Crippen LogP contribution is -2.14. The summed E-state index contributed by atoms with van der Waals surface area (Å²) in [6.45, 7) is 2.44. The number of ether oxygens (including phenoxy) is 1. The number of epoxide rings is 1. The Hall–Kier alpha value is -2.31. The first kappa shape index (κ1) is 20.6. The van der Waals surface area contributed by atoms with Crippen LogP contribution < -0.4 is 0 Å². The maximum Gasteiger partial charge on any atom is 0.268 e. The van der Waals surface area contributed by atoms with Gasteiger partial charge in [-0.05, 0) is 42.8 Å². The number of hydrogen-bond acceptors (Lipinski definition) is 3. The molecule has 0 bridgehead atoms. The van der Waals surface area contributed by atoms with E-state index in [0.717, 1.165) is 22.1 Å². The molecular weight excluding hydrogens is 453 g/mol. The molecule has 1 saturated heterocycles. The van der Waals surface area contributed by atoms with Crippen molar-refractivity contribution < 1.29 is 13.2 Å². The number of halogens is 2. The Bertz CT molecular complexity index is 1400. The first-order valence-electron chi connectivity index (χ1n) is 9.81. The molecule has 0 radical (unpaired) electrons. The Morgan fingerprint density at radius 1 is 1.03 bits per heavy atom. The molecular formula is C24H19Cl2NO3S. The molecule has 158 valence electrons. The molecule has 4 aromatic rings. The Kier molecular flexibility index (Phi) is 4.90. The fourth-order valence-corrected chi connectivity index (χ4v) is 5.96. The first-order chi connectivity index (χ1) is 14.8. The number of para-hydroxylation sites is 1. The van der Waals surface area contributed by atoms with E-state index in [1.54, 1.807) is 42.6 Å². The predicted octanol–water partition coefficient (Wildman–Crippen LogP) is 5.96. The SMILES string of the molecule is Cc1ccc(S(=O)(=O)n2cc(CC3(c4ccc(Cl)cc4Cl)CO3)c3ccccc32)cc1. The zero-order chi connectivity index (χ0) is 21.8. The van der Waals surface area contributed by atoms with Crippen molar-refractivity contribution in [3.8, 4) is 0 Å². The van der Waals surface area contributed by atoms with Crippen LogP contribution in [0.5, 0.6) is 0 Å². The molecule has 1 aliphatic rings. The molecule has 1 unspecified atom stereocenters. The third-order valence-electron chi connectivity index (χ3n) is 5.73. The summed E-state index contributed by atoms with van der Waals surface area (Å²) in [6.07, 6.45) is 2.21. The van der Waals surface area contributed by atoms with Crippen LogP contribution in [0.4, 0.5) is 0 Å². The van der Waals surface area contributed by atoms with Crippen molar-refractivity contribution in [2.75, 3.05) is 6.61 Å². The van der Waals surface area contributed by atoms with Gasteiger partial charge in [-0.3, -0.25) is 0 Å². The highest BCUT2D eigenvalue weighted by molar-refractivity contribution is 7.90. The summed E-state index contributed by atoms with van der Waals surface area (Å²) in [5.41, 5.74) is 2.80. The lowest BCUT2D eigenvalue weighted by Gasteiger charge is -2.14. The van der Waals surface area contributed by atoms with Crippen LogP contribution in [-0.2, 0) is 26.8 Å². The smallest absolute Gasteiger partial charge is 0.268 e. The number of benzene rings is 3. The molecule has 1 atom stereocenters. The van der Waals surface area contributed by atoms with E-state index in [4.69, 9.17) is 27.9 Å². The minimum absolute atomic E-state index is 0.253. The Balaban J connectivity index is 1.61. The lowest BCUT2D eigenvalue weighted by molar-refractivity contribution is 0.307. The molecule has 1 fully saturated rings. The van der Waals surface area contributed by atoms with Gasteiger partial charge in [-0.15, -0.1) is 0 Å². The number of fused-ring (bicyclic) bond motifs is 1. The van der Waals surface area contributed by atoms with Gasteiger partial charge in [0.25, 0.3) is 10.0 Å². The zero-order valence-corrected chi connectivity index (χ0v) is 19.0. The van der Waals surface area contributed by atoms with Gasteiger partial charge >= 0.3 is 0 Å². The maximum atomic E-state index is 13.4. The average Bonchev–Trinajstić information content (AvgIpc) is 3.42. The molecule has 0 amide bonds. The largest absolute Gasteiger partial charge is 0.364 e. The summed E-state index contributed by atoms with van der Waals surface area (Å²) in [5.74, 6) is 0. The molecule has 1 aromatic heterocycles. The molecule has 5 rings (SSSR count). The molecule has 0 aliphatic carbocycles. The molecule has 1 aliphatic heterocycles. The molecule has 31 heavy (non-hydrogen) atoms. The van der Waals surface area contributed by atoms with E-state index in [0.29, 0.717) is 28.6 Å². The van der Waals surface area contributed by atoms with E-state index in [9.17, 15) is 8.42 Å². The van der Waals surface area contributed by atoms with Gasteiger partial charge in [0.1, 0.15) is 5.60 Å². The number of aryl methyl sites for hydroxylation is 1. The van der Waals surface area contributed by atoms with E-state index in [1.807, 2.05) is 37.3 Å². The maximum absolute atomic E-state index is 13.4. The lowest BCUT2D eigenvalue weighted by atomic mass is 9.92. The molecule has 0 spiro atoms. The standard InChI is InChI=1S/C24H19Cl2NO3S/c1-16-6-9-19(10-7-16)31(28,29)27-14-17(20-4-2-3-5-23(20)27)13-24(15-30-24)21-11-8-18(25)12-22(21)26/h2-12,14H,13,15H2,1H3. The summed E-state index contributed by atoms with van der Waals surface area (Å²) < 4.78 is 34.0. The van der Waals surface area contributed by atoms with Gasteiger partial charge in [0, 0.05) is 33.6 Å². The van der Waals surface area contributed by atoms with Crippen LogP contribution in [0.3, 0.4) is 0 Å². The number of hydrogen-bond donors (Lipinski definition) is 0. The number of nitrogens with zero attached hydrogens (tertiary/aromatic N) is 1. The molecule has 4 nitrogen and oxygen atoms in total. The van der Waals surface area contributed by atoms with E-state index >= 15 is 0 Å².